The summed E-state index contributed by atoms with van der Waals surface area (Å²) in [6.45, 7) is 4.61. The average molecular weight is 266 g/mol. The van der Waals surface area contributed by atoms with Crippen molar-refractivity contribution in [3.63, 3.8) is 0 Å². The maximum absolute atomic E-state index is 10.5. The molecular weight excluding hydrogens is 240 g/mol. The van der Waals surface area contributed by atoms with Crippen molar-refractivity contribution in [1.29, 1.82) is 0 Å². The fourth-order valence-corrected chi connectivity index (χ4v) is 5.07. The molecule has 108 valence electrons. The molecule has 0 saturated carbocycles. The number of nitrogens with zero attached hydrogens (tertiary/aromatic N) is 2. The number of hydrogen-bond acceptors (Lipinski definition) is 4. The highest BCUT2D eigenvalue weighted by Gasteiger charge is 2.47. The summed E-state index contributed by atoms with van der Waals surface area (Å²) < 4.78 is 0. The van der Waals surface area contributed by atoms with Gasteiger partial charge in [-0.05, 0) is 70.1 Å². The molecule has 6 rings (SSSR count). The minimum Gasteiger partial charge on any atom is -0.391 e. The van der Waals surface area contributed by atoms with Crippen LogP contribution in [-0.4, -0.2) is 70.5 Å². The van der Waals surface area contributed by atoms with E-state index in [9.17, 15) is 10.2 Å². The SMILES string of the molecule is OC1C2CCN(CC2)C1CC1C(O)C2CCN1CC2. The number of aliphatic hydroxyl groups excluding tert-OH is 2. The molecule has 0 aromatic heterocycles. The van der Waals surface area contributed by atoms with Crippen LogP contribution in [-0.2, 0) is 0 Å². The van der Waals surface area contributed by atoms with E-state index in [1.165, 1.54) is 0 Å². The van der Waals surface area contributed by atoms with Crippen LogP contribution in [0.15, 0.2) is 0 Å². The van der Waals surface area contributed by atoms with E-state index in [0.29, 0.717) is 23.9 Å². The molecule has 4 heteroatoms. The number of aliphatic hydroxyl groups is 2. The molecule has 0 aliphatic carbocycles. The molecule has 4 nitrogen and oxygen atoms in total. The second kappa shape index (κ2) is 4.69. The predicted molar refractivity (Wildman–Crippen MR) is 72.8 cm³/mol. The van der Waals surface area contributed by atoms with E-state index >= 15 is 0 Å². The van der Waals surface area contributed by atoms with Crippen molar-refractivity contribution in [2.45, 2.75) is 56.4 Å². The first kappa shape index (κ1) is 12.6. The molecule has 6 aliphatic rings. The van der Waals surface area contributed by atoms with Crippen molar-refractivity contribution in [2.75, 3.05) is 26.2 Å². The highest BCUT2D eigenvalue weighted by Crippen LogP contribution is 2.39. The average Bonchev–Trinajstić information content (AvgIpc) is 2.47. The van der Waals surface area contributed by atoms with Crippen LogP contribution in [0, 0.1) is 11.8 Å². The Morgan fingerprint density at radius 2 is 1.05 bits per heavy atom. The third-order valence-electron chi connectivity index (χ3n) is 6.32. The molecule has 0 aromatic rings. The summed E-state index contributed by atoms with van der Waals surface area (Å²) in [5.74, 6) is 1.03. The van der Waals surface area contributed by atoms with Gasteiger partial charge in [-0.3, -0.25) is 9.80 Å². The lowest BCUT2D eigenvalue weighted by Gasteiger charge is -2.54. The zero-order valence-electron chi connectivity index (χ0n) is 11.6. The standard InChI is InChI=1S/C15H26N2O2/c18-14-10-1-5-16(6-2-10)12(14)9-13-15(19)11-3-7-17(13)8-4-11/h10-15,18-19H,1-9H2. The van der Waals surface area contributed by atoms with Gasteiger partial charge in [0, 0.05) is 12.1 Å². The summed E-state index contributed by atoms with van der Waals surface area (Å²) >= 11 is 0. The second-order valence-electron chi connectivity index (χ2n) is 7.10. The first-order valence-corrected chi connectivity index (χ1v) is 8.08. The normalized spacial score (nSPS) is 56.5. The van der Waals surface area contributed by atoms with Crippen molar-refractivity contribution in [1.82, 2.24) is 9.80 Å². The van der Waals surface area contributed by atoms with E-state index in [-0.39, 0.29) is 12.2 Å². The maximum atomic E-state index is 10.5. The summed E-state index contributed by atoms with van der Waals surface area (Å²) in [6.07, 6.45) is 5.31. The Hall–Kier alpha value is -0.160. The molecule has 0 spiro atoms. The second-order valence-corrected chi connectivity index (χ2v) is 7.10. The summed E-state index contributed by atoms with van der Waals surface area (Å²) in [7, 11) is 0. The van der Waals surface area contributed by atoms with Gasteiger partial charge in [-0.25, -0.2) is 0 Å². The Morgan fingerprint density at radius 3 is 1.37 bits per heavy atom. The highest BCUT2D eigenvalue weighted by atomic mass is 16.3. The number of fused-ring (bicyclic) bond motifs is 6. The van der Waals surface area contributed by atoms with Crippen LogP contribution >= 0.6 is 0 Å². The van der Waals surface area contributed by atoms with Crippen LogP contribution in [0.3, 0.4) is 0 Å². The third kappa shape index (κ3) is 1.96. The van der Waals surface area contributed by atoms with E-state index in [4.69, 9.17) is 0 Å². The molecule has 6 saturated heterocycles. The Kier molecular flexibility index (Phi) is 3.10. The van der Waals surface area contributed by atoms with Crippen molar-refractivity contribution < 1.29 is 10.2 Å². The van der Waals surface area contributed by atoms with Gasteiger partial charge >= 0.3 is 0 Å². The van der Waals surface area contributed by atoms with Gasteiger partial charge in [-0.1, -0.05) is 0 Å². The Labute approximate surface area is 115 Å². The van der Waals surface area contributed by atoms with Crippen molar-refractivity contribution >= 4 is 0 Å². The molecule has 6 heterocycles. The summed E-state index contributed by atoms with van der Waals surface area (Å²) in [5, 5.41) is 21.0. The minimum absolute atomic E-state index is 0.156. The monoisotopic (exact) mass is 266 g/mol. The molecule has 4 atom stereocenters. The van der Waals surface area contributed by atoms with Crippen LogP contribution < -0.4 is 0 Å². The van der Waals surface area contributed by atoms with Gasteiger partial charge in [0.05, 0.1) is 12.2 Å². The van der Waals surface area contributed by atoms with E-state index in [2.05, 4.69) is 9.80 Å². The molecule has 19 heavy (non-hydrogen) atoms. The van der Waals surface area contributed by atoms with Gasteiger partial charge in [0.15, 0.2) is 0 Å². The molecule has 0 amide bonds. The molecule has 0 radical (unpaired) electrons. The van der Waals surface area contributed by atoms with Gasteiger partial charge in [0.2, 0.25) is 0 Å². The van der Waals surface area contributed by atoms with Gasteiger partial charge in [0.1, 0.15) is 0 Å². The first-order chi connectivity index (χ1) is 9.24. The van der Waals surface area contributed by atoms with Crippen LogP contribution in [0.1, 0.15) is 32.1 Å². The lowest BCUT2D eigenvalue weighted by molar-refractivity contribution is -0.117. The molecule has 2 N–H and O–H groups in total. The van der Waals surface area contributed by atoms with Crippen LogP contribution in [0.4, 0.5) is 0 Å². The van der Waals surface area contributed by atoms with Crippen LogP contribution in [0.2, 0.25) is 0 Å². The van der Waals surface area contributed by atoms with E-state index in [1.54, 1.807) is 0 Å². The summed E-state index contributed by atoms with van der Waals surface area (Å²) in [4.78, 5) is 4.95. The third-order valence-corrected chi connectivity index (χ3v) is 6.32. The fourth-order valence-electron chi connectivity index (χ4n) is 5.07. The molecule has 4 bridgehead atoms. The largest absolute Gasteiger partial charge is 0.391 e. The van der Waals surface area contributed by atoms with Crippen LogP contribution in [0.25, 0.3) is 0 Å². The van der Waals surface area contributed by atoms with Gasteiger partial charge < -0.3 is 10.2 Å². The lowest BCUT2D eigenvalue weighted by Crippen LogP contribution is -2.63. The van der Waals surface area contributed by atoms with Crippen molar-refractivity contribution in [3.05, 3.63) is 0 Å². The predicted octanol–water partition coefficient (Wildman–Crippen LogP) is 0.287. The lowest BCUT2D eigenvalue weighted by atomic mass is 9.74. The Balaban J connectivity index is 1.49. The van der Waals surface area contributed by atoms with E-state index in [1.807, 2.05) is 0 Å². The van der Waals surface area contributed by atoms with Gasteiger partial charge in [-0.2, -0.15) is 0 Å². The van der Waals surface area contributed by atoms with E-state index < -0.39 is 0 Å². The molecule has 0 aromatic carbocycles. The highest BCUT2D eigenvalue weighted by molar-refractivity contribution is 5.01. The first-order valence-electron chi connectivity index (χ1n) is 8.08. The molecular formula is C15H26N2O2. The number of piperidine rings is 6. The fraction of sp³-hybridized carbons (Fsp3) is 1.00. The quantitative estimate of drug-likeness (QED) is 0.754. The Bertz CT molecular complexity index is 299. The maximum Gasteiger partial charge on any atom is 0.0725 e. The van der Waals surface area contributed by atoms with Crippen molar-refractivity contribution in [2.24, 2.45) is 11.8 Å². The van der Waals surface area contributed by atoms with Gasteiger partial charge in [-0.15, -0.1) is 0 Å². The zero-order chi connectivity index (χ0) is 13.0. The smallest absolute Gasteiger partial charge is 0.0725 e. The molecule has 6 fully saturated rings. The summed E-state index contributed by atoms with van der Waals surface area (Å²) in [5.41, 5.74) is 0. The minimum atomic E-state index is -0.156. The Morgan fingerprint density at radius 1 is 0.684 bits per heavy atom. The van der Waals surface area contributed by atoms with Crippen molar-refractivity contribution in [3.8, 4) is 0 Å². The molecule has 4 unspecified atom stereocenters. The number of rotatable bonds is 2. The number of hydrogen-bond donors (Lipinski definition) is 2. The van der Waals surface area contributed by atoms with E-state index in [0.717, 1.165) is 58.3 Å². The summed E-state index contributed by atoms with van der Waals surface area (Å²) in [6, 6.07) is 0.595. The zero-order valence-corrected chi connectivity index (χ0v) is 11.6. The van der Waals surface area contributed by atoms with Gasteiger partial charge in [0.25, 0.3) is 0 Å². The topological polar surface area (TPSA) is 46.9 Å². The molecule has 6 aliphatic heterocycles. The van der Waals surface area contributed by atoms with Crippen LogP contribution in [0.5, 0.6) is 0 Å².